The van der Waals surface area contributed by atoms with E-state index in [0.29, 0.717) is 6.54 Å². The zero-order valence-corrected chi connectivity index (χ0v) is 9.94. The molecule has 0 aliphatic heterocycles. The number of carbonyl (C=O) groups excluding carboxylic acids is 1. The van der Waals surface area contributed by atoms with Crippen molar-refractivity contribution in [3.05, 3.63) is 47.7 Å². The Morgan fingerprint density at radius 3 is 2.53 bits per heavy atom. The number of hydrogen-bond acceptors (Lipinski definition) is 2. The minimum Gasteiger partial charge on any atom is -0.392 e. The monoisotopic (exact) mass is 234 g/mol. The Hall–Kier alpha value is -1.81. The third-order valence-electron chi connectivity index (χ3n) is 2.23. The molecule has 0 unspecified atom stereocenters. The van der Waals surface area contributed by atoms with Gasteiger partial charge in [0.2, 0.25) is 0 Å². The van der Waals surface area contributed by atoms with Gasteiger partial charge in [-0.2, -0.15) is 0 Å². The van der Waals surface area contributed by atoms with Gasteiger partial charge >= 0.3 is 6.03 Å². The van der Waals surface area contributed by atoms with E-state index in [1.807, 2.05) is 37.3 Å². The van der Waals surface area contributed by atoms with Gasteiger partial charge in [-0.25, -0.2) is 4.79 Å². The highest BCUT2D eigenvalue weighted by Crippen LogP contribution is 2.03. The maximum atomic E-state index is 11.3. The molecule has 17 heavy (non-hydrogen) atoms. The van der Waals surface area contributed by atoms with Crippen molar-refractivity contribution in [2.24, 2.45) is 0 Å². The molecule has 0 atom stereocenters. The highest BCUT2D eigenvalue weighted by atomic mass is 16.3. The van der Waals surface area contributed by atoms with Crippen LogP contribution in [0.1, 0.15) is 24.5 Å². The molecule has 0 heterocycles. The molecular weight excluding hydrogens is 216 g/mol. The third-order valence-corrected chi connectivity index (χ3v) is 2.23. The van der Waals surface area contributed by atoms with Gasteiger partial charge in [-0.15, -0.1) is 0 Å². The first kappa shape index (κ1) is 13.3. The quantitative estimate of drug-likeness (QED) is 0.728. The average molecular weight is 234 g/mol. The van der Waals surface area contributed by atoms with Gasteiger partial charge < -0.3 is 15.7 Å². The zero-order valence-electron chi connectivity index (χ0n) is 9.94. The predicted molar refractivity (Wildman–Crippen MR) is 67.2 cm³/mol. The Labute approximate surface area is 101 Å². The summed E-state index contributed by atoms with van der Waals surface area (Å²) in [5.41, 5.74) is 1.86. The molecule has 0 aliphatic rings. The van der Waals surface area contributed by atoms with Gasteiger partial charge in [0.15, 0.2) is 0 Å². The fourth-order valence-electron chi connectivity index (χ4n) is 1.25. The maximum Gasteiger partial charge on any atom is 0.319 e. The fraction of sp³-hybridized carbons (Fsp3) is 0.308. The molecular formula is C13H18N2O2. The number of aliphatic hydroxyl groups is 1. The number of rotatable bonds is 5. The lowest BCUT2D eigenvalue weighted by Crippen LogP contribution is -2.31. The number of benzene rings is 1. The molecule has 3 N–H and O–H groups in total. The fourth-order valence-corrected chi connectivity index (χ4v) is 1.25. The van der Waals surface area contributed by atoms with Crippen molar-refractivity contribution in [1.29, 1.82) is 0 Å². The molecule has 0 aromatic heterocycles. The van der Waals surface area contributed by atoms with E-state index >= 15 is 0 Å². The van der Waals surface area contributed by atoms with Crippen molar-refractivity contribution < 1.29 is 9.90 Å². The smallest absolute Gasteiger partial charge is 0.319 e. The number of nitrogens with one attached hydrogen (secondary N) is 2. The molecule has 0 bridgehead atoms. The van der Waals surface area contributed by atoms with Crippen molar-refractivity contribution in [2.75, 3.05) is 0 Å². The lowest BCUT2D eigenvalue weighted by Gasteiger charge is -2.05. The van der Waals surface area contributed by atoms with Crippen molar-refractivity contribution in [3.8, 4) is 0 Å². The topological polar surface area (TPSA) is 61.4 Å². The van der Waals surface area contributed by atoms with E-state index in [1.54, 1.807) is 6.20 Å². The van der Waals surface area contributed by atoms with E-state index in [1.165, 1.54) is 0 Å². The van der Waals surface area contributed by atoms with Gasteiger partial charge in [0.25, 0.3) is 0 Å². The molecule has 0 aliphatic carbocycles. The first-order valence-corrected chi connectivity index (χ1v) is 5.64. The van der Waals surface area contributed by atoms with E-state index < -0.39 is 0 Å². The molecule has 4 nitrogen and oxygen atoms in total. The molecule has 92 valence electrons. The summed E-state index contributed by atoms with van der Waals surface area (Å²) in [6.45, 7) is 2.51. The average Bonchev–Trinajstić information content (AvgIpc) is 2.37. The molecule has 2 amide bonds. The zero-order chi connectivity index (χ0) is 12.5. The lowest BCUT2D eigenvalue weighted by molar-refractivity contribution is 0.243. The van der Waals surface area contributed by atoms with E-state index in [-0.39, 0.29) is 12.6 Å². The normalized spacial score (nSPS) is 10.5. The van der Waals surface area contributed by atoms with Crippen molar-refractivity contribution >= 4 is 6.03 Å². The third kappa shape index (κ3) is 5.17. The van der Waals surface area contributed by atoms with Crippen LogP contribution in [0.4, 0.5) is 4.79 Å². The summed E-state index contributed by atoms with van der Waals surface area (Å²) in [5.74, 6) is 0. The summed E-state index contributed by atoms with van der Waals surface area (Å²) in [5, 5.41) is 14.2. The minimum absolute atomic E-state index is 0.0377. The number of carbonyl (C=O) groups is 1. The molecule has 0 saturated carbocycles. The van der Waals surface area contributed by atoms with E-state index in [2.05, 4.69) is 10.6 Å². The van der Waals surface area contributed by atoms with Crippen LogP contribution in [0.5, 0.6) is 0 Å². The number of allylic oxidation sites excluding steroid dienone is 1. The van der Waals surface area contributed by atoms with Crippen LogP contribution in [0, 0.1) is 0 Å². The Kier molecular flexibility index (Phi) is 5.82. The second kappa shape index (κ2) is 7.46. The van der Waals surface area contributed by atoms with Crippen molar-refractivity contribution in [3.63, 3.8) is 0 Å². The van der Waals surface area contributed by atoms with Crippen LogP contribution in [0.25, 0.3) is 0 Å². The summed E-state index contributed by atoms with van der Waals surface area (Å²) in [6, 6.07) is 7.22. The summed E-state index contributed by atoms with van der Waals surface area (Å²) in [6.07, 6.45) is 4.39. The van der Waals surface area contributed by atoms with Crippen molar-refractivity contribution in [1.82, 2.24) is 10.6 Å². The van der Waals surface area contributed by atoms with E-state index in [9.17, 15) is 4.79 Å². The van der Waals surface area contributed by atoms with Gasteiger partial charge in [-0.3, -0.25) is 0 Å². The van der Waals surface area contributed by atoms with Crippen LogP contribution >= 0.6 is 0 Å². The summed E-state index contributed by atoms with van der Waals surface area (Å²) in [7, 11) is 0. The maximum absolute atomic E-state index is 11.3. The Bertz CT molecular complexity index is 372. The van der Waals surface area contributed by atoms with Crippen LogP contribution < -0.4 is 10.6 Å². The Morgan fingerprint density at radius 2 is 1.94 bits per heavy atom. The molecule has 0 fully saturated rings. The molecule has 4 heteroatoms. The summed E-state index contributed by atoms with van der Waals surface area (Å²) in [4.78, 5) is 11.3. The minimum atomic E-state index is -0.221. The first-order valence-electron chi connectivity index (χ1n) is 5.64. The summed E-state index contributed by atoms with van der Waals surface area (Å²) < 4.78 is 0. The molecule has 0 spiro atoms. The molecule has 0 saturated heterocycles. The van der Waals surface area contributed by atoms with E-state index in [0.717, 1.165) is 17.5 Å². The number of urea groups is 1. The highest BCUT2D eigenvalue weighted by Gasteiger charge is 1.97. The second-order valence-electron chi connectivity index (χ2n) is 3.61. The Balaban J connectivity index is 2.34. The second-order valence-corrected chi connectivity index (χ2v) is 3.61. The van der Waals surface area contributed by atoms with Crippen LogP contribution in [0.15, 0.2) is 36.5 Å². The largest absolute Gasteiger partial charge is 0.392 e. The molecule has 1 rings (SSSR count). The van der Waals surface area contributed by atoms with Crippen LogP contribution in [-0.2, 0) is 13.2 Å². The van der Waals surface area contributed by atoms with Gasteiger partial charge in [0.05, 0.1) is 6.61 Å². The molecule has 1 aromatic carbocycles. The van der Waals surface area contributed by atoms with Crippen molar-refractivity contribution in [2.45, 2.75) is 26.5 Å². The van der Waals surface area contributed by atoms with Crippen LogP contribution in [0.2, 0.25) is 0 Å². The van der Waals surface area contributed by atoms with E-state index in [4.69, 9.17) is 5.11 Å². The summed E-state index contributed by atoms with van der Waals surface area (Å²) >= 11 is 0. The molecule has 0 radical (unpaired) electrons. The van der Waals surface area contributed by atoms with Crippen LogP contribution in [-0.4, -0.2) is 11.1 Å². The Morgan fingerprint density at radius 1 is 1.29 bits per heavy atom. The predicted octanol–water partition coefficient (Wildman–Crippen LogP) is 1.90. The van der Waals surface area contributed by atoms with Crippen LogP contribution in [0.3, 0.4) is 0 Å². The number of aliphatic hydroxyl groups excluding tert-OH is 1. The van der Waals surface area contributed by atoms with Gasteiger partial charge in [-0.05, 0) is 17.5 Å². The van der Waals surface area contributed by atoms with Gasteiger partial charge in [0, 0.05) is 12.7 Å². The van der Waals surface area contributed by atoms with Gasteiger partial charge in [-0.1, -0.05) is 37.3 Å². The highest BCUT2D eigenvalue weighted by molar-refractivity contribution is 5.74. The molecule has 1 aromatic rings. The van der Waals surface area contributed by atoms with Gasteiger partial charge in [0.1, 0.15) is 0 Å². The lowest BCUT2D eigenvalue weighted by atomic mass is 10.1. The number of hydrogen-bond donors (Lipinski definition) is 3. The SMILES string of the molecule is CC/C=C/NC(=O)NCc1ccc(CO)cc1. The number of amides is 2. The first-order chi connectivity index (χ1) is 8.26. The standard InChI is InChI=1S/C13H18N2O2/c1-2-3-8-14-13(17)15-9-11-4-6-12(10-16)7-5-11/h3-8,16H,2,9-10H2,1H3,(H2,14,15,17)/b8-3+.